The van der Waals surface area contributed by atoms with Gasteiger partial charge in [0.2, 0.25) is 0 Å². The van der Waals surface area contributed by atoms with Gasteiger partial charge in [0, 0.05) is 11.8 Å². The molecule has 0 aliphatic heterocycles. The van der Waals surface area contributed by atoms with Crippen LogP contribution >= 0.6 is 0 Å². The van der Waals surface area contributed by atoms with E-state index in [1.54, 1.807) is 12.1 Å². The predicted molar refractivity (Wildman–Crippen MR) is 116 cm³/mol. The summed E-state index contributed by atoms with van der Waals surface area (Å²) in [4.78, 5) is 11.7. The van der Waals surface area contributed by atoms with Crippen LogP contribution in [0.2, 0.25) is 0 Å². The topological polar surface area (TPSA) is 60.4 Å². The first-order valence-corrected chi connectivity index (χ1v) is 11.5. The third-order valence-electron chi connectivity index (χ3n) is 4.54. The second-order valence-corrected chi connectivity index (χ2v) is 10.7. The Balaban J connectivity index is 0.000000674. The third kappa shape index (κ3) is 7.63. The van der Waals surface area contributed by atoms with Crippen LogP contribution in [-0.4, -0.2) is 27.6 Å². The molecule has 1 aliphatic rings. The minimum Gasteiger partial charge on any atom is -0.486 e. The molecule has 0 unspecified atom stereocenters. The van der Waals surface area contributed by atoms with Crippen LogP contribution in [0.4, 0.5) is 0 Å². The molecule has 4 nitrogen and oxygen atoms in total. The highest BCUT2D eigenvalue weighted by Crippen LogP contribution is 2.37. The highest BCUT2D eigenvalue weighted by atomic mass is 32.2. The Morgan fingerprint density at radius 2 is 1.71 bits per heavy atom. The fourth-order valence-electron chi connectivity index (χ4n) is 2.79. The number of benzene rings is 1. The molecule has 1 fully saturated rings. The fourth-order valence-corrected chi connectivity index (χ4v) is 3.42. The highest BCUT2D eigenvalue weighted by Gasteiger charge is 2.24. The van der Waals surface area contributed by atoms with Gasteiger partial charge in [-0.25, -0.2) is 8.42 Å². The molecule has 28 heavy (non-hydrogen) atoms. The van der Waals surface area contributed by atoms with E-state index in [0.717, 1.165) is 28.9 Å². The minimum atomic E-state index is -3.26. The van der Waals surface area contributed by atoms with Crippen molar-refractivity contribution in [3.63, 3.8) is 0 Å². The van der Waals surface area contributed by atoms with E-state index < -0.39 is 9.84 Å². The van der Waals surface area contributed by atoms with Gasteiger partial charge < -0.3 is 4.74 Å². The number of carbonyl (C=O) groups excluding carboxylic acids is 1. The molecule has 0 aromatic heterocycles. The van der Waals surface area contributed by atoms with Gasteiger partial charge in [0.1, 0.15) is 6.61 Å². The normalized spacial score (nSPS) is 15.5. The van der Waals surface area contributed by atoms with E-state index in [9.17, 15) is 13.2 Å². The average molecular weight is 407 g/mol. The van der Waals surface area contributed by atoms with Crippen molar-refractivity contribution in [2.45, 2.75) is 58.8 Å². The number of hydrogen-bond donors (Lipinski definition) is 0. The summed E-state index contributed by atoms with van der Waals surface area (Å²) in [5, 5.41) is 0. The number of carbonyl (C=O) groups is 1. The zero-order valence-corrected chi connectivity index (χ0v) is 18.9. The van der Waals surface area contributed by atoms with E-state index in [4.69, 9.17) is 4.74 Å². The van der Waals surface area contributed by atoms with Crippen molar-refractivity contribution < 1.29 is 17.9 Å². The second-order valence-electron chi connectivity index (χ2n) is 8.69. The number of ether oxygens (including phenoxy) is 1. The van der Waals surface area contributed by atoms with Crippen LogP contribution < -0.4 is 0 Å². The maximum absolute atomic E-state index is 11.6. The Kier molecular flexibility index (Phi) is 8.68. The van der Waals surface area contributed by atoms with E-state index in [0.29, 0.717) is 6.29 Å². The summed E-state index contributed by atoms with van der Waals surface area (Å²) in [6.07, 6.45) is 6.31. The molecule has 2 rings (SSSR count). The Bertz CT molecular complexity index is 805. The summed E-state index contributed by atoms with van der Waals surface area (Å²) in [7, 11) is -3.26. The van der Waals surface area contributed by atoms with Gasteiger partial charge in [0.05, 0.1) is 4.90 Å². The molecule has 0 bridgehead atoms. The standard InChI is InChI=1S/C18H24O4S.C5H10/c1-13(2)12-22-16(11-19)17(18(3,4)5)14-7-9-15(10-8-14)23(6,20)21;1-5-3-2-4-5/h7-11H,1,12H2,2-6H3;5H,2-4H2,1H3/b17-16+;. The fraction of sp³-hybridized carbons (Fsp3) is 0.522. The summed E-state index contributed by atoms with van der Waals surface area (Å²) in [6.45, 7) is 14.1. The van der Waals surface area contributed by atoms with Crippen molar-refractivity contribution >= 4 is 21.7 Å². The van der Waals surface area contributed by atoms with Crippen LogP contribution in [-0.2, 0) is 19.4 Å². The number of aldehydes is 1. The number of allylic oxidation sites excluding steroid dienone is 2. The van der Waals surface area contributed by atoms with Crippen LogP contribution in [0.3, 0.4) is 0 Å². The Hall–Kier alpha value is -1.88. The number of sulfone groups is 1. The molecule has 1 aliphatic carbocycles. The molecule has 0 amide bonds. The SMILES string of the molecule is C=C(C)CO/C(C=O)=C(\c1ccc(S(C)(=O)=O)cc1)C(C)(C)C.CC1CCC1. The number of hydrogen-bond acceptors (Lipinski definition) is 4. The van der Waals surface area contributed by atoms with Crippen molar-refractivity contribution in [3.05, 3.63) is 47.7 Å². The van der Waals surface area contributed by atoms with Crippen LogP contribution in [0.5, 0.6) is 0 Å². The summed E-state index contributed by atoms with van der Waals surface area (Å²) < 4.78 is 28.7. The van der Waals surface area contributed by atoms with Gasteiger partial charge in [0.25, 0.3) is 0 Å². The zero-order chi connectivity index (χ0) is 21.5. The van der Waals surface area contributed by atoms with Crippen LogP contribution in [0.1, 0.15) is 59.4 Å². The van der Waals surface area contributed by atoms with Crippen molar-refractivity contribution in [2.24, 2.45) is 11.3 Å². The van der Waals surface area contributed by atoms with E-state index >= 15 is 0 Å². The van der Waals surface area contributed by atoms with E-state index in [1.165, 1.54) is 31.4 Å². The lowest BCUT2D eigenvalue weighted by Crippen LogP contribution is -2.14. The van der Waals surface area contributed by atoms with Crippen molar-refractivity contribution in [1.29, 1.82) is 0 Å². The molecule has 1 aromatic carbocycles. The quantitative estimate of drug-likeness (QED) is 0.273. The van der Waals surface area contributed by atoms with Crippen LogP contribution in [0.15, 0.2) is 47.1 Å². The summed E-state index contributed by atoms with van der Waals surface area (Å²) in [6, 6.07) is 6.48. The monoisotopic (exact) mass is 406 g/mol. The molecule has 0 spiro atoms. The van der Waals surface area contributed by atoms with E-state index in [1.807, 2.05) is 27.7 Å². The maximum Gasteiger partial charge on any atom is 0.185 e. The molecule has 0 radical (unpaired) electrons. The molecule has 0 heterocycles. The lowest BCUT2D eigenvalue weighted by molar-refractivity contribution is -0.107. The van der Waals surface area contributed by atoms with Gasteiger partial charge in [-0.2, -0.15) is 0 Å². The van der Waals surface area contributed by atoms with Gasteiger partial charge >= 0.3 is 0 Å². The van der Waals surface area contributed by atoms with Gasteiger partial charge in [-0.15, -0.1) is 0 Å². The first kappa shape index (κ1) is 24.2. The lowest BCUT2D eigenvalue weighted by Gasteiger charge is -2.25. The Labute approximate surface area is 170 Å². The molecule has 0 saturated heterocycles. The van der Waals surface area contributed by atoms with E-state index in [-0.39, 0.29) is 22.7 Å². The van der Waals surface area contributed by atoms with Crippen molar-refractivity contribution in [2.75, 3.05) is 12.9 Å². The molecule has 1 saturated carbocycles. The van der Waals surface area contributed by atoms with Gasteiger partial charge in [-0.3, -0.25) is 4.79 Å². The van der Waals surface area contributed by atoms with Gasteiger partial charge in [-0.1, -0.05) is 65.7 Å². The first-order chi connectivity index (χ1) is 12.9. The number of rotatable bonds is 6. The molecule has 0 atom stereocenters. The van der Waals surface area contributed by atoms with E-state index in [2.05, 4.69) is 13.5 Å². The zero-order valence-electron chi connectivity index (χ0n) is 18.0. The molecule has 5 heteroatoms. The average Bonchev–Trinajstić information content (AvgIpc) is 2.55. The van der Waals surface area contributed by atoms with Gasteiger partial charge in [-0.05, 0) is 41.5 Å². The largest absolute Gasteiger partial charge is 0.486 e. The second kappa shape index (κ2) is 10.1. The summed E-state index contributed by atoms with van der Waals surface area (Å²) in [5.41, 5.74) is 1.95. The Morgan fingerprint density at radius 3 is 2.00 bits per heavy atom. The molecular weight excluding hydrogens is 372 g/mol. The molecule has 0 N–H and O–H groups in total. The predicted octanol–water partition coefficient (Wildman–Crippen LogP) is 5.45. The minimum absolute atomic E-state index is 0.241. The Morgan fingerprint density at radius 1 is 1.21 bits per heavy atom. The third-order valence-corrected chi connectivity index (χ3v) is 5.67. The van der Waals surface area contributed by atoms with Crippen molar-refractivity contribution in [1.82, 2.24) is 0 Å². The molecule has 156 valence electrons. The van der Waals surface area contributed by atoms with Crippen LogP contribution in [0.25, 0.3) is 5.57 Å². The van der Waals surface area contributed by atoms with Crippen molar-refractivity contribution in [3.8, 4) is 0 Å². The maximum atomic E-state index is 11.6. The molecular formula is C23H34O4S. The van der Waals surface area contributed by atoms with Crippen LogP contribution in [0, 0.1) is 11.3 Å². The lowest BCUT2D eigenvalue weighted by atomic mass is 9.81. The highest BCUT2D eigenvalue weighted by molar-refractivity contribution is 7.90. The first-order valence-electron chi connectivity index (χ1n) is 9.64. The van der Waals surface area contributed by atoms with Gasteiger partial charge in [0.15, 0.2) is 21.9 Å². The smallest absolute Gasteiger partial charge is 0.185 e. The summed E-state index contributed by atoms with van der Waals surface area (Å²) >= 11 is 0. The molecule has 1 aromatic rings. The summed E-state index contributed by atoms with van der Waals surface area (Å²) in [5.74, 6) is 1.31.